The number of amides is 2. The summed E-state index contributed by atoms with van der Waals surface area (Å²) >= 11 is 0. The largest absolute Gasteiger partial charge is 0.494 e. The molecule has 0 aliphatic carbocycles. The Balaban J connectivity index is 2.19. The van der Waals surface area contributed by atoms with Crippen molar-refractivity contribution in [3.63, 3.8) is 0 Å². The normalized spacial score (nSPS) is 10.8. The van der Waals surface area contributed by atoms with Crippen molar-refractivity contribution in [1.29, 1.82) is 0 Å². The van der Waals surface area contributed by atoms with Crippen molar-refractivity contribution in [2.45, 2.75) is 46.1 Å². The van der Waals surface area contributed by atoms with Gasteiger partial charge in [-0.3, -0.25) is 14.4 Å². The average Bonchev–Trinajstić information content (AvgIpc) is 2.48. The van der Waals surface area contributed by atoms with E-state index in [4.69, 9.17) is 4.74 Å². The molecule has 0 radical (unpaired) electrons. The Hall–Kier alpha value is -2.37. The fourth-order valence-corrected chi connectivity index (χ4v) is 1.94. The molecule has 0 saturated heterocycles. The maximum absolute atomic E-state index is 11.7. The quantitative estimate of drug-likeness (QED) is 0.563. The Labute approximate surface area is 143 Å². The number of nitrogens with one attached hydrogen (secondary N) is 2. The van der Waals surface area contributed by atoms with E-state index in [0.717, 1.165) is 0 Å². The lowest BCUT2D eigenvalue weighted by Crippen LogP contribution is -2.45. The van der Waals surface area contributed by atoms with Gasteiger partial charge >= 0.3 is 0 Å². The summed E-state index contributed by atoms with van der Waals surface area (Å²) in [5.41, 5.74) is 0.323. The number of carbonyl (C=O) groups is 3. The van der Waals surface area contributed by atoms with Crippen LogP contribution in [-0.2, 0) is 9.59 Å². The Morgan fingerprint density at radius 1 is 1.04 bits per heavy atom. The third-order valence-electron chi connectivity index (χ3n) is 3.04. The molecular formula is C18H26N2O4. The van der Waals surface area contributed by atoms with Gasteiger partial charge in [-0.15, -0.1) is 0 Å². The molecular weight excluding hydrogens is 308 g/mol. The van der Waals surface area contributed by atoms with E-state index in [0.29, 0.717) is 24.3 Å². The van der Waals surface area contributed by atoms with Gasteiger partial charge in [0.1, 0.15) is 5.75 Å². The number of ketones is 1. The monoisotopic (exact) mass is 334 g/mol. The van der Waals surface area contributed by atoms with E-state index in [-0.39, 0.29) is 36.1 Å². The Morgan fingerprint density at radius 3 is 2.21 bits per heavy atom. The summed E-state index contributed by atoms with van der Waals surface area (Å²) in [5.74, 6) is 0.269. The van der Waals surface area contributed by atoms with Gasteiger partial charge in [-0.1, -0.05) is 0 Å². The van der Waals surface area contributed by atoms with E-state index in [2.05, 4.69) is 10.6 Å². The predicted octanol–water partition coefficient (Wildman–Crippen LogP) is 2.08. The minimum Gasteiger partial charge on any atom is -0.494 e. The highest BCUT2D eigenvalue weighted by molar-refractivity contribution is 5.94. The summed E-state index contributed by atoms with van der Waals surface area (Å²) in [6, 6.07) is 6.87. The summed E-state index contributed by atoms with van der Waals surface area (Å²) in [7, 11) is 0. The second kappa shape index (κ2) is 9.05. The van der Waals surface area contributed by atoms with E-state index in [9.17, 15) is 14.4 Å². The van der Waals surface area contributed by atoms with Gasteiger partial charge in [-0.05, 0) is 58.4 Å². The van der Waals surface area contributed by atoms with Crippen LogP contribution in [0.5, 0.6) is 5.75 Å². The fraction of sp³-hybridized carbons (Fsp3) is 0.500. The number of Topliss-reactive ketones (excluding diaryl/α,β-unsaturated/α-hetero) is 1. The highest BCUT2D eigenvalue weighted by Crippen LogP contribution is 2.13. The number of ether oxygens (including phenoxy) is 1. The second-order valence-corrected chi connectivity index (χ2v) is 6.61. The zero-order chi connectivity index (χ0) is 18.2. The SMILES string of the molecule is CC(=O)c1ccc(OCCCC(=O)NCC(=O)NC(C)(C)C)cc1. The zero-order valence-electron chi connectivity index (χ0n) is 14.8. The van der Waals surface area contributed by atoms with E-state index < -0.39 is 0 Å². The molecule has 0 heterocycles. The topological polar surface area (TPSA) is 84.5 Å². The Morgan fingerprint density at radius 2 is 1.67 bits per heavy atom. The highest BCUT2D eigenvalue weighted by atomic mass is 16.5. The number of rotatable bonds is 8. The van der Waals surface area contributed by atoms with Crippen LogP contribution in [0.3, 0.4) is 0 Å². The van der Waals surface area contributed by atoms with Gasteiger partial charge in [0, 0.05) is 17.5 Å². The highest BCUT2D eigenvalue weighted by Gasteiger charge is 2.14. The van der Waals surface area contributed by atoms with Crippen LogP contribution >= 0.6 is 0 Å². The molecule has 0 saturated carbocycles. The molecule has 1 aromatic carbocycles. The first kappa shape index (κ1) is 19.7. The Bertz CT molecular complexity index is 574. The molecule has 24 heavy (non-hydrogen) atoms. The van der Waals surface area contributed by atoms with Crippen molar-refractivity contribution in [1.82, 2.24) is 10.6 Å². The van der Waals surface area contributed by atoms with Gasteiger partial charge < -0.3 is 15.4 Å². The van der Waals surface area contributed by atoms with Gasteiger partial charge in [0.05, 0.1) is 13.2 Å². The first-order valence-electron chi connectivity index (χ1n) is 7.99. The van der Waals surface area contributed by atoms with Crippen LogP contribution in [0.1, 0.15) is 50.9 Å². The molecule has 0 aromatic heterocycles. The third kappa shape index (κ3) is 8.31. The summed E-state index contributed by atoms with van der Waals surface area (Å²) in [5, 5.41) is 5.35. The van der Waals surface area contributed by atoms with Crippen molar-refractivity contribution in [2.24, 2.45) is 0 Å². The third-order valence-corrected chi connectivity index (χ3v) is 3.04. The lowest BCUT2D eigenvalue weighted by atomic mass is 10.1. The second-order valence-electron chi connectivity index (χ2n) is 6.61. The molecule has 2 amide bonds. The van der Waals surface area contributed by atoms with E-state index >= 15 is 0 Å². The van der Waals surface area contributed by atoms with Crippen molar-refractivity contribution < 1.29 is 19.1 Å². The average molecular weight is 334 g/mol. The van der Waals surface area contributed by atoms with Crippen LogP contribution in [0.2, 0.25) is 0 Å². The fourth-order valence-electron chi connectivity index (χ4n) is 1.94. The first-order chi connectivity index (χ1) is 11.2. The van der Waals surface area contributed by atoms with Crippen molar-refractivity contribution in [3.05, 3.63) is 29.8 Å². The molecule has 0 fully saturated rings. The van der Waals surface area contributed by atoms with Crippen molar-refractivity contribution >= 4 is 17.6 Å². The molecule has 0 spiro atoms. The maximum Gasteiger partial charge on any atom is 0.239 e. The summed E-state index contributed by atoms with van der Waals surface area (Å²) in [4.78, 5) is 34.4. The van der Waals surface area contributed by atoms with Crippen LogP contribution in [0.15, 0.2) is 24.3 Å². The van der Waals surface area contributed by atoms with Crippen LogP contribution in [0, 0.1) is 0 Å². The predicted molar refractivity (Wildman–Crippen MR) is 92.1 cm³/mol. The lowest BCUT2D eigenvalue weighted by molar-refractivity contribution is -0.126. The molecule has 6 heteroatoms. The number of hydrogen-bond acceptors (Lipinski definition) is 4. The van der Waals surface area contributed by atoms with E-state index in [1.807, 2.05) is 20.8 Å². The van der Waals surface area contributed by atoms with E-state index in [1.54, 1.807) is 24.3 Å². The molecule has 0 aliphatic heterocycles. The first-order valence-corrected chi connectivity index (χ1v) is 7.99. The summed E-state index contributed by atoms with van der Waals surface area (Å²) in [6.07, 6.45) is 0.829. The van der Waals surface area contributed by atoms with Gasteiger partial charge in [-0.25, -0.2) is 0 Å². The van der Waals surface area contributed by atoms with Crippen LogP contribution in [0.25, 0.3) is 0 Å². The number of benzene rings is 1. The Kier molecular flexibility index (Phi) is 7.42. The van der Waals surface area contributed by atoms with Crippen LogP contribution in [-0.4, -0.2) is 36.3 Å². The molecule has 1 aromatic rings. The summed E-state index contributed by atoms with van der Waals surface area (Å²) < 4.78 is 5.51. The minimum absolute atomic E-state index is 0.00807. The molecule has 0 atom stereocenters. The zero-order valence-corrected chi connectivity index (χ0v) is 14.8. The van der Waals surface area contributed by atoms with Gasteiger partial charge in [0.25, 0.3) is 0 Å². The molecule has 6 nitrogen and oxygen atoms in total. The van der Waals surface area contributed by atoms with Gasteiger partial charge in [0.15, 0.2) is 5.78 Å². The molecule has 1 rings (SSSR count). The smallest absolute Gasteiger partial charge is 0.239 e. The lowest BCUT2D eigenvalue weighted by Gasteiger charge is -2.20. The van der Waals surface area contributed by atoms with Crippen molar-refractivity contribution in [2.75, 3.05) is 13.2 Å². The number of carbonyl (C=O) groups excluding carboxylic acids is 3. The summed E-state index contributed by atoms with van der Waals surface area (Å²) in [6.45, 7) is 7.52. The molecule has 2 N–H and O–H groups in total. The van der Waals surface area contributed by atoms with E-state index in [1.165, 1.54) is 6.92 Å². The molecule has 0 bridgehead atoms. The van der Waals surface area contributed by atoms with Crippen LogP contribution in [0.4, 0.5) is 0 Å². The van der Waals surface area contributed by atoms with Crippen molar-refractivity contribution in [3.8, 4) is 5.75 Å². The minimum atomic E-state index is -0.312. The molecule has 0 unspecified atom stereocenters. The standard InChI is InChI=1S/C18H26N2O4/c1-13(21)14-7-9-15(10-8-14)24-11-5-6-16(22)19-12-17(23)20-18(2,3)4/h7-10H,5-6,11-12H2,1-4H3,(H,19,22)(H,20,23). The van der Waals surface area contributed by atoms with Gasteiger partial charge in [0.2, 0.25) is 11.8 Å². The van der Waals surface area contributed by atoms with Crippen LogP contribution < -0.4 is 15.4 Å². The molecule has 0 aliphatic rings. The number of hydrogen-bond donors (Lipinski definition) is 2. The van der Waals surface area contributed by atoms with Gasteiger partial charge in [-0.2, -0.15) is 0 Å². The maximum atomic E-state index is 11.7. The molecule has 132 valence electrons.